The lowest BCUT2D eigenvalue weighted by Crippen LogP contribution is -2.48. The molecular weight excluding hydrogens is 444 g/mol. The highest BCUT2D eigenvalue weighted by Gasteiger charge is 2.22. The standard InChI is InChI=1S/C24H25ClN4O2S/c25-20-8-4-7-19(13-20)17-32-24-26-21(14-22(30)27-24)15-23(31)29-11-9-28(10-12-29)16-18-5-2-1-3-6-18/h1-8,13-14H,9-12,15-17H2,(H,26,27,30). The Hall–Kier alpha value is -2.61. The maximum Gasteiger partial charge on any atom is 0.251 e. The molecule has 0 bridgehead atoms. The molecule has 0 aliphatic carbocycles. The summed E-state index contributed by atoms with van der Waals surface area (Å²) in [5.41, 5.74) is 2.57. The molecule has 1 saturated heterocycles. The average molecular weight is 469 g/mol. The number of H-pyrrole nitrogens is 1. The van der Waals surface area contributed by atoms with Gasteiger partial charge in [-0.1, -0.05) is 65.8 Å². The van der Waals surface area contributed by atoms with E-state index >= 15 is 0 Å². The molecule has 4 rings (SSSR count). The van der Waals surface area contributed by atoms with Gasteiger partial charge in [0, 0.05) is 49.6 Å². The van der Waals surface area contributed by atoms with Crippen molar-refractivity contribution < 1.29 is 4.79 Å². The minimum atomic E-state index is -0.246. The predicted molar refractivity (Wildman–Crippen MR) is 128 cm³/mol. The van der Waals surface area contributed by atoms with E-state index in [1.165, 1.54) is 23.4 Å². The van der Waals surface area contributed by atoms with Gasteiger partial charge in [-0.3, -0.25) is 14.5 Å². The number of aromatic nitrogens is 2. The number of nitrogens with one attached hydrogen (secondary N) is 1. The van der Waals surface area contributed by atoms with E-state index in [-0.39, 0.29) is 17.9 Å². The number of hydrogen-bond donors (Lipinski definition) is 1. The minimum Gasteiger partial charge on any atom is -0.340 e. The molecule has 1 aliphatic rings. The highest BCUT2D eigenvalue weighted by molar-refractivity contribution is 7.98. The van der Waals surface area contributed by atoms with Crippen molar-refractivity contribution in [1.82, 2.24) is 19.8 Å². The normalized spacial score (nSPS) is 14.5. The van der Waals surface area contributed by atoms with Gasteiger partial charge in [-0.15, -0.1) is 0 Å². The molecule has 0 spiro atoms. The Balaban J connectivity index is 1.31. The van der Waals surface area contributed by atoms with E-state index in [1.807, 2.05) is 47.4 Å². The fourth-order valence-electron chi connectivity index (χ4n) is 3.68. The van der Waals surface area contributed by atoms with Gasteiger partial charge in [0.05, 0.1) is 12.1 Å². The zero-order valence-corrected chi connectivity index (χ0v) is 19.2. The van der Waals surface area contributed by atoms with Crippen LogP contribution in [0.2, 0.25) is 5.02 Å². The smallest absolute Gasteiger partial charge is 0.251 e. The lowest BCUT2D eigenvalue weighted by atomic mass is 10.2. The van der Waals surface area contributed by atoms with Crippen molar-refractivity contribution >= 4 is 29.3 Å². The van der Waals surface area contributed by atoms with Gasteiger partial charge in [0.1, 0.15) is 0 Å². The van der Waals surface area contributed by atoms with E-state index in [0.29, 0.717) is 34.7 Å². The lowest BCUT2D eigenvalue weighted by Gasteiger charge is -2.34. The third-order valence-corrected chi connectivity index (χ3v) is 6.52. The monoisotopic (exact) mass is 468 g/mol. The molecule has 2 aromatic carbocycles. The van der Waals surface area contributed by atoms with Gasteiger partial charge in [0.25, 0.3) is 5.56 Å². The van der Waals surface area contributed by atoms with Crippen molar-refractivity contribution in [2.45, 2.75) is 23.9 Å². The molecule has 0 saturated carbocycles. The highest BCUT2D eigenvalue weighted by atomic mass is 35.5. The van der Waals surface area contributed by atoms with Crippen LogP contribution in [0.5, 0.6) is 0 Å². The average Bonchev–Trinajstić information content (AvgIpc) is 2.79. The fraction of sp³-hybridized carbons (Fsp3) is 0.292. The number of hydrogen-bond acceptors (Lipinski definition) is 5. The van der Waals surface area contributed by atoms with E-state index in [2.05, 4.69) is 27.0 Å². The zero-order chi connectivity index (χ0) is 22.3. The molecule has 2 heterocycles. The highest BCUT2D eigenvalue weighted by Crippen LogP contribution is 2.21. The number of carbonyl (C=O) groups excluding carboxylic acids is 1. The maximum atomic E-state index is 12.8. The number of rotatable bonds is 7. The summed E-state index contributed by atoms with van der Waals surface area (Å²) in [5.74, 6) is 0.637. The summed E-state index contributed by atoms with van der Waals surface area (Å²) in [6.07, 6.45) is 0.132. The zero-order valence-electron chi connectivity index (χ0n) is 17.7. The Labute approximate surface area is 196 Å². The molecule has 0 unspecified atom stereocenters. The molecular formula is C24H25ClN4O2S. The SMILES string of the molecule is O=C(Cc1cc(=O)[nH]c(SCc2cccc(Cl)c2)n1)N1CCN(Cc2ccccc2)CC1. The van der Waals surface area contributed by atoms with Crippen molar-refractivity contribution in [2.75, 3.05) is 26.2 Å². The van der Waals surface area contributed by atoms with Crippen molar-refractivity contribution in [3.63, 3.8) is 0 Å². The van der Waals surface area contributed by atoms with Crippen LogP contribution in [0.1, 0.15) is 16.8 Å². The van der Waals surface area contributed by atoms with Gasteiger partial charge in [-0.2, -0.15) is 0 Å². The lowest BCUT2D eigenvalue weighted by molar-refractivity contribution is -0.132. The number of carbonyl (C=O) groups is 1. The van der Waals surface area contributed by atoms with Crippen LogP contribution in [0.15, 0.2) is 70.6 Å². The number of thioether (sulfide) groups is 1. The second kappa shape index (κ2) is 10.8. The quantitative estimate of drug-likeness (QED) is 0.424. The third-order valence-electron chi connectivity index (χ3n) is 5.34. The first kappa shape index (κ1) is 22.6. The van der Waals surface area contributed by atoms with Crippen LogP contribution in [0, 0.1) is 0 Å². The van der Waals surface area contributed by atoms with Gasteiger partial charge >= 0.3 is 0 Å². The van der Waals surface area contributed by atoms with Crippen LogP contribution >= 0.6 is 23.4 Å². The first-order valence-electron chi connectivity index (χ1n) is 10.6. The molecule has 0 atom stereocenters. The summed E-state index contributed by atoms with van der Waals surface area (Å²) in [4.78, 5) is 36.4. The van der Waals surface area contributed by atoms with Gasteiger partial charge in [-0.05, 0) is 23.3 Å². The van der Waals surface area contributed by atoms with Gasteiger partial charge < -0.3 is 9.88 Å². The Morgan fingerprint density at radius 3 is 2.50 bits per heavy atom. The molecule has 1 aromatic heterocycles. The van der Waals surface area contributed by atoms with Crippen LogP contribution in [-0.2, 0) is 23.5 Å². The Kier molecular flexibility index (Phi) is 7.63. The Morgan fingerprint density at radius 2 is 1.75 bits per heavy atom. The summed E-state index contributed by atoms with van der Waals surface area (Å²) < 4.78 is 0. The number of piperazine rings is 1. The number of nitrogens with zero attached hydrogens (tertiary/aromatic N) is 3. The minimum absolute atomic E-state index is 0.00764. The van der Waals surface area contributed by atoms with Crippen LogP contribution < -0.4 is 5.56 Å². The number of benzene rings is 2. The van der Waals surface area contributed by atoms with Gasteiger partial charge in [0.2, 0.25) is 5.91 Å². The van der Waals surface area contributed by atoms with Crippen molar-refractivity contribution in [2.24, 2.45) is 0 Å². The van der Waals surface area contributed by atoms with Gasteiger partial charge in [-0.25, -0.2) is 4.98 Å². The second-order valence-electron chi connectivity index (χ2n) is 7.78. The summed E-state index contributed by atoms with van der Waals surface area (Å²) in [6.45, 7) is 3.94. The van der Waals surface area contributed by atoms with Crippen LogP contribution in [0.3, 0.4) is 0 Å². The topological polar surface area (TPSA) is 69.3 Å². The summed E-state index contributed by atoms with van der Waals surface area (Å²) in [7, 11) is 0. The fourth-order valence-corrected chi connectivity index (χ4v) is 4.73. The van der Waals surface area contributed by atoms with Gasteiger partial charge in [0.15, 0.2) is 5.16 Å². The molecule has 32 heavy (non-hydrogen) atoms. The van der Waals surface area contributed by atoms with E-state index in [4.69, 9.17) is 11.6 Å². The van der Waals surface area contributed by atoms with E-state index < -0.39 is 0 Å². The summed E-state index contributed by atoms with van der Waals surface area (Å²) >= 11 is 7.45. The van der Waals surface area contributed by atoms with E-state index in [1.54, 1.807) is 0 Å². The summed E-state index contributed by atoms with van der Waals surface area (Å²) in [6, 6.07) is 19.3. The molecule has 8 heteroatoms. The molecule has 1 fully saturated rings. The van der Waals surface area contributed by atoms with Crippen LogP contribution in [-0.4, -0.2) is 51.9 Å². The number of amides is 1. The van der Waals surface area contributed by atoms with Crippen molar-refractivity contribution in [3.8, 4) is 0 Å². The Bertz CT molecular complexity index is 1110. The van der Waals surface area contributed by atoms with Crippen LogP contribution in [0.4, 0.5) is 0 Å². The maximum absolute atomic E-state index is 12.8. The van der Waals surface area contributed by atoms with Crippen molar-refractivity contribution in [3.05, 3.63) is 92.9 Å². The third kappa shape index (κ3) is 6.45. The summed E-state index contributed by atoms with van der Waals surface area (Å²) in [5, 5.41) is 1.18. The molecule has 1 aliphatic heterocycles. The molecule has 6 nitrogen and oxygen atoms in total. The van der Waals surface area contributed by atoms with Crippen LogP contribution in [0.25, 0.3) is 0 Å². The second-order valence-corrected chi connectivity index (χ2v) is 9.18. The molecule has 166 valence electrons. The molecule has 0 radical (unpaired) electrons. The first-order valence-corrected chi connectivity index (χ1v) is 11.9. The van der Waals surface area contributed by atoms with E-state index in [9.17, 15) is 9.59 Å². The number of halogens is 1. The first-order chi connectivity index (χ1) is 15.5. The largest absolute Gasteiger partial charge is 0.340 e. The predicted octanol–water partition coefficient (Wildman–Crippen LogP) is 3.60. The molecule has 1 amide bonds. The number of aromatic amines is 1. The molecule has 3 aromatic rings. The Morgan fingerprint density at radius 1 is 1.00 bits per heavy atom. The van der Waals surface area contributed by atoms with E-state index in [0.717, 1.165) is 25.2 Å². The van der Waals surface area contributed by atoms with Crippen molar-refractivity contribution in [1.29, 1.82) is 0 Å². The molecule has 1 N–H and O–H groups in total.